The van der Waals surface area contributed by atoms with Crippen LogP contribution < -0.4 is 10.6 Å². The van der Waals surface area contributed by atoms with Crippen molar-refractivity contribution in [1.82, 2.24) is 9.97 Å². The maximum Gasteiger partial charge on any atom is 0.224 e. The first-order valence-corrected chi connectivity index (χ1v) is 6.51. The van der Waals surface area contributed by atoms with Gasteiger partial charge in [0.2, 0.25) is 5.28 Å². The molecule has 1 heterocycles. The third-order valence-corrected chi connectivity index (χ3v) is 3.43. The lowest BCUT2D eigenvalue weighted by Crippen LogP contribution is -2.24. The molecule has 0 aliphatic heterocycles. The topological polar surface area (TPSA) is 55.0 Å². The fourth-order valence-corrected chi connectivity index (χ4v) is 2.14. The molecular weight excluding hydrogens is 283 g/mol. The van der Waals surface area contributed by atoms with Gasteiger partial charge in [-0.05, 0) is 36.2 Å². The Morgan fingerprint density at radius 2 is 2.05 bits per heavy atom. The molecule has 2 rings (SSSR count). The summed E-state index contributed by atoms with van der Waals surface area (Å²) in [7, 11) is 1.90. The Balaban J connectivity index is 2.33. The minimum Gasteiger partial charge on any atom is -0.394 e. The van der Waals surface area contributed by atoms with Crippen LogP contribution in [0.15, 0.2) is 30.5 Å². The van der Waals surface area contributed by atoms with Gasteiger partial charge in [-0.3, -0.25) is 0 Å². The molecule has 6 heteroatoms. The van der Waals surface area contributed by atoms with Crippen molar-refractivity contribution in [3.05, 3.63) is 46.3 Å². The molecule has 0 radical (unpaired) electrons. The van der Waals surface area contributed by atoms with Crippen molar-refractivity contribution < 1.29 is 0 Å². The second-order valence-electron chi connectivity index (χ2n) is 4.26. The molecule has 100 valence electrons. The molecule has 2 N–H and O–H groups in total. The summed E-state index contributed by atoms with van der Waals surface area (Å²) in [5.41, 5.74) is 7.44. The highest BCUT2D eigenvalue weighted by Crippen LogP contribution is 2.29. The second-order valence-corrected chi connectivity index (χ2v) is 5.03. The molecule has 0 saturated heterocycles. The van der Waals surface area contributed by atoms with Gasteiger partial charge in [-0.25, -0.2) is 4.98 Å². The number of halogens is 2. The summed E-state index contributed by atoms with van der Waals surface area (Å²) in [5.74, 6) is 0.604. The molecule has 19 heavy (non-hydrogen) atoms. The molecule has 0 aliphatic carbocycles. The van der Waals surface area contributed by atoms with E-state index in [1.54, 1.807) is 0 Å². The Labute approximate surface area is 122 Å². The minimum absolute atomic E-state index is 0.0620. The normalized spacial score (nSPS) is 12.2. The van der Waals surface area contributed by atoms with E-state index in [1.807, 2.05) is 43.1 Å². The summed E-state index contributed by atoms with van der Waals surface area (Å²) in [5, 5.41) is 0.876. The highest BCUT2D eigenvalue weighted by Gasteiger charge is 2.16. The Bertz CT molecular complexity index is 589. The van der Waals surface area contributed by atoms with Crippen molar-refractivity contribution in [2.75, 3.05) is 17.7 Å². The van der Waals surface area contributed by atoms with E-state index in [4.69, 9.17) is 28.9 Å². The number of benzene rings is 1. The summed E-state index contributed by atoms with van der Waals surface area (Å²) in [6.07, 6.45) is 1.51. The number of anilines is 2. The second kappa shape index (κ2) is 5.63. The zero-order chi connectivity index (χ0) is 14.0. The van der Waals surface area contributed by atoms with E-state index in [9.17, 15) is 0 Å². The lowest BCUT2D eigenvalue weighted by Gasteiger charge is -2.27. The summed E-state index contributed by atoms with van der Waals surface area (Å²) < 4.78 is 0. The SMILES string of the molecule is CC(c1cccc(Cl)c1)N(C)c1nc(Cl)ncc1N. The van der Waals surface area contributed by atoms with Crippen LogP contribution in [0.4, 0.5) is 11.5 Å². The van der Waals surface area contributed by atoms with Gasteiger partial charge in [0.15, 0.2) is 5.82 Å². The predicted molar refractivity (Wildman–Crippen MR) is 79.7 cm³/mol. The maximum absolute atomic E-state index is 6.01. The van der Waals surface area contributed by atoms with Gasteiger partial charge in [0.25, 0.3) is 0 Å². The molecule has 0 amide bonds. The van der Waals surface area contributed by atoms with Crippen molar-refractivity contribution >= 4 is 34.7 Å². The van der Waals surface area contributed by atoms with Crippen LogP contribution >= 0.6 is 23.2 Å². The Morgan fingerprint density at radius 3 is 2.74 bits per heavy atom. The zero-order valence-electron chi connectivity index (χ0n) is 10.6. The quantitative estimate of drug-likeness (QED) is 0.880. The molecule has 0 spiro atoms. The molecule has 1 atom stereocenters. The highest BCUT2D eigenvalue weighted by atomic mass is 35.5. The van der Waals surface area contributed by atoms with Crippen molar-refractivity contribution in [3.8, 4) is 0 Å². The van der Waals surface area contributed by atoms with Gasteiger partial charge in [0.05, 0.1) is 17.9 Å². The molecule has 4 nitrogen and oxygen atoms in total. The van der Waals surface area contributed by atoms with Gasteiger partial charge in [0, 0.05) is 12.1 Å². The van der Waals surface area contributed by atoms with E-state index in [1.165, 1.54) is 6.20 Å². The van der Waals surface area contributed by atoms with Crippen LogP contribution in [-0.2, 0) is 0 Å². The summed E-state index contributed by atoms with van der Waals surface area (Å²) in [4.78, 5) is 9.95. The van der Waals surface area contributed by atoms with Gasteiger partial charge >= 0.3 is 0 Å². The van der Waals surface area contributed by atoms with E-state index in [-0.39, 0.29) is 11.3 Å². The molecule has 0 aliphatic rings. The van der Waals surface area contributed by atoms with E-state index in [2.05, 4.69) is 9.97 Å². The molecule has 1 aromatic carbocycles. The standard InChI is InChI=1S/C13H14Cl2N4/c1-8(9-4-3-5-10(14)6-9)19(2)12-11(16)7-17-13(15)18-12/h3-8H,16H2,1-2H3. The largest absolute Gasteiger partial charge is 0.394 e. The van der Waals surface area contributed by atoms with Crippen LogP contribution in [0.3, 0.4) is 0 Å². The first-order valence-electron chi connectivity index (χ1n) is 5.75. The number of nitrogens with two attached hydrogens (primary N) is 1. The van der Waals surface area contributed by atoms with E-state index in [0.29, 0.717) is 16.5 Å². The Kier molecular flexibility index (Phi) is 4.12. The van der Waals surface area contributed by atoms with Crippen LogP contribution in [0.1, 0.15) is 18.5 Å². The van der Waals surface area contributed by atoms with Gasteiger partial charge in [-0.1, -0.05) is 23.7 Å². The van der Waals surface area contributed by atoms with Crippen molar-refractivity contribution in [2.24, 2.45) is 0 Å². The van der Waals surface area contributed by atoms with Crippen LogP contribution in [0, 0.1) is 0 Å². The van der Waals surface area contributed by atoms with E-state index >= 15 is 0 Å². The van der Waals surface area contributed by atoms with Gasteiger partial charge < -0.3 is 10.6 Å². The number of hydrogen-bond donors (Lipinski definition) is 1. The number of aromatic nitrogens is 2. The van der Waals surface area contributed by atoms with Crippen LogP contribution in [0.25, 0.3) is 0 Å². The van der Waals surface area contributed by atoms with Crippen LogP contribution in [0.5, 0.6) is 0 Å². The average Bonchev–Trinajstić information content (AvgIpc) is 2.40. The molecule has 1 unspecified atom stereocenters. The van der Waals surface area contributed by atoms with Crippen LogP contribution in [0.2, 0.25) is 10.3 Å². The van der Waals surface area contributed by atoms with E-state index in [0.717, 1.165) is 5.56 Å². The van der Waals surface area contributed by atoms with Gasteiger partial charge in [-0.15, -0.1) is 0 Å². The molecule has 0 saturated carbocycles. The molecule has 2 aromatic rings. The molecule has 1 aromatic heterocycles. The van der Waals surface area contributed by atoms with Crippen LogP contribution in [-0.4, -0.2) is 17.0 Å². The number of nitrogen functional groups attached to an aromatic ring is 1. The lowest BCUT2D eigenvalue weighted by molar-refractivity contribution is 0.728. The van der Waals surface area contributed by atoms with Crippen molar-refractivity contribution in [3.63, 3.8) is 0 Å². The van der Waals surface area contributed by atoms with Gasteiger partial charge in [0.1, 0.15) is 0 Å². The summed E-state index contributed by atoms with van der Waals surface area (Å²) >= 11 is 11.8. The maximum atomic E-state index is 6.01. The fourth-order valence-electron chi connectivity index (χ4n) is 1.82. The smallest absolute Gasteiger partial charge is 0.224 e. The van der Waals surface area contributed by atoms with Gasteiger partial charge in [-0.2, -0.15) is 4.98 Å². The lowest BCUT2D eigenvalue weighted by atomic mass is 10.1. The number of hydrogen-bond acceptors (Lipinski definition) is 4. The summed E-state index contributed by atoms with van der Waals surface area (Å²) in [6.45, 7) is 2.04. The highest BCUT2D eigenvalue weighted by molar-refractivity contribution is 6.30. The Hall–Kier alpha value is -1.52. The van der Waals surface area contributed by atoms with Crippen molar-refractivity contribution in [2.45, 2.75) is 13.0 Å². The third kappa shape index (κ3) is 3.08. The monoisotopic (exact) mass is 296 g/mol. The fraction of sp³-hybridized carbons (Fsp3) is 0.231. The number of rotatable bonds is 3. The predicted octanol–water partition coefficient (Wildman–Crippen LogP) is 3.56. The Morgan fingerprint density at radius 1 is 1.32 bits per heavy atom. The zero-order valence-corrected chi connectivity index (χ0v) is 12.2. The average molecular weight is 297 g/mol. The molecular formula is C13H14Cl2N4. The first kappa shape index (κ1) is 13.9. The molecule has 0 bridgehead atoms. The summed E-state index contributed by atoms with van der Waals surface area (Å²) in [6, 6.07) is 7.74. The third-order valence-electron chi connectivity index (χ3n) is 3.01. The number of nitrogens with zero attached hydrogens (tertiary/aromatic N) is 3. The van der Waals surface area contributed by atoms with Crippen molar-refractivity contribution in [1.29, 1.82) is 0 Å². The first-order chi connectivity index (χ1) is 8.99. The molecule has 0 fully saturated rings. The minimum atomic E-state index is 0.0620. The van der Waals surface area contributed by atoms with E-state index < -0.39 is 0 Å².